The Labute approximate surface area is 170 Å². The summed E-state index contributed by atoms with van der Waals surface area (Å²) in [5, 5.41) is 7.61. The highest BCUT2D eigenvalue weighted by atomic mass is 127. The molecule has 0 radical (unpaired) electrons. The van der Waals surface area contributed by atoms with Crippen molar-refractivity contribution in [2.45, 2.75) is 39.8 Å². The number of nitrogens with one attached hydrogen (secondary N) is 2. The van der Waals surface area contributed by atoms with Crippen LogP contribution in [0, 0.1) is 0 Å². The summed E-state index contributed by atoms with van der Waals surface area (Å²) in [6.45, 7) is 6.23. The molecule has 0 aliphatic carbocycles. The maximum absolute atomic E-state index is 5.48. The average Bonchev–Trinajstić information content (AvgIpc) is 3.09. The van der Waals surface area contributed by atoms with Gasteiger partial charge in [-0.1, -0.05) is 19.9 Å². The highest BCUT2D eigenvalue weighted by molar-refractivity contribution is 14.0. The summed E-state index contributed by atoms with van der Waals surface area (Å²) in [5.41, 5.74) is 1.07. The number of rotatable bonds is 8. The standard InChI is InChI=1S/C17H25N5OS.HI/c1-4-8-23-15-7-6-13(9-19-15)10-21-17(18-3)22-12-16-20-11-14(5-2)24-16;/h6-7,9,11H,4-5,8,10,12H2,1-3H3,(H2,18,21,22);1H. The summed E-state index contributed by atoms with van der Waals surface area (Å²) in [6, 6.07) is 3.90. The molecule has 0 aromatic carbocycles. The zero-order chi connectivity index (χ0) is 17.2. The molecule has 2 heterocycles. The van der Waals surface area contributed by atoms with Gasteiger partial charge in [-0.25, -0.2) is 9.97 Å². The molecule has 2 aromatic rings. The van der Waals surface area contributed by atoms with Gasteiger partial charge in [-0.2, -0.15) is 0 Å². The quantitative estimate of drug-likeness (QED) is 0.348. The van der Waals surface area contributed by atoms with Gasteiger partial charge in [0.15, 0.2) is 5.96 Å². The molecule has 2 aromatic heterocycles. The maximum atomic E-state index is 5.48. The number of halogens is 1. The van der Waals surface area contributed by atoms with E-state index in [-0.39, 0.29) is 24.0 Å². The molecule has 0 unspecified atom stereocenters. The van der Waals surface area contributed by atoms with Crippen molar-refractivity contribution in [1.29, 1.82) is 0 Å². The van der Waals surface area contributed by atoms with Crippen LogP contribution in [-0.2, 0) is 19.5 Å². The Hall–Kier alpha value is -1.42. The second-order valence-corrected chi connectivity index (χ2v) is 6.41. The number of aromatic nitrogens is 2. The lowest BCUT2D eigenvalue weighted by molar-refractivity contribution is 0.305. The summed E-state index contributed by atoms with van der Waals surface area (Å²) in [6.07, 6.45) is 5.76. The second-order valence-electron chi connectivity index (χ2n) is 5.21. The summed E-state index contributed by atoms with van der Waals surface area (Å²) in [7, 11) is 1.76. The number of ether oxygens (including phenoxy) is 1. The molecule has 0 fully saturated rings. The molecule has 0 saturated heterocycles. The van der Waals surface area contributed by atoms with Gasteiger partial charge in [0.05, 0.1) is 13.2 Å². The van der Waals surface area contributed by atoms with Gasteiger partial charge in [-0.15, -0.1) is 35.3 Å². The fraction of sp³-hybridized carbons (Fsp3) is 0.471. The molecular weight excluding hydrogens is 449 g/mol. The van der Waals surface area contributed by atoms with Crippen LogP contribution in [0.1, 0.15) is 35.7 Å². The predicted molar refractivity (Wildman–Crippen MR) is 114 cm³/mol. The minimum absolute atomic E-state index is 0. The number of guanidine groups is 1. The first-order valence-corrected chi connectivity index (χ1v) is 9.02. The van der Waals surface area contributed by atoms with E-state index in [1.807, 2.05) is 24.5 Å². The number of pyridine rings is 1. The highest BCUT2D eigenvalue weighted by Crippen LogP contribution is 2.12. The average molecular weight is 475 g/mol. The zero-order valence-corrected chi connectivity index (χ0v) is 18.1. The van der Waals surface area contributed by atoms with Crippen LogP contribution in [0.25, 0.3) is 0 Å². The van der Waals surface area contributed by atoms with Gasteiger partial charge in [0, 0.05) is 36.9 Å². The third-order valence-electron chi connectivity index (χ3n) is 3.29. The Kier molecular flexibility index (Phi) is 10.4. The van der Waals surface area contributed by atoms with Crippen LogP contribution in [0.3, 0.4) is 0 Å². The molecule has 0 amide bonds. The molecule has 25 heavy (non-hydrogen) atoms. The number of aliphatic imine (C=N–C) groups is 1. The Balaban J connectivity index is 0.00000312. The molecular formula is C17H26IN5OS. The van der Waals surface area contributed by atoms with E-state index < -0.39 is 0 Å². The fourth-order valence-electron chi connectivity index (χ4n) is 1.97. The van der Waals surface area contributed by atoms with Crippen molar-refractivity contribution in [2.75, 3.05) is 13.7 Å². The van der Waals surface area contributed by atoms with Crippen LogP contribution in [0.5, 0.6) is 5.88 Å². The first kappa shape index (κ1) is 21.6. The van der Waals surface area contributed by atoms with Crippen molar-refractivity contribution in [3.05, 3.63) is 40.0 Å². The van der Waals surface area contributed by atoms with E-state index in [1.54, 1.807) is 18.4 Å². The molecule has 0 bridgehead atoms. The molecule has 0 saturated carbocycles. The van der Waals surface area contributed by atoms with Crippen LogP contribution >= 0.6 is 35.3 Å². The number of aryl methyl sites for hydroxylation is 1. The van der Waals surface area contributed by atoms with E-state index in [2.05, 4.69) is 39.4 Å². The van der Waals surface area contributed by atoms with E-state index >= 15 is 0 Å². The number of hydrogen-bond donors (Lipinski definition) is 2. The van der Waals surface area contributed by atoms with Crippen molar-refractivity contribution in [3.63, 3.8) is 0 Å². The third kappa shape index (κ3) is 7.55. The Morgan fingerprint density at radius 1 is 1.16 bits per heavy atom. The van der Waals surface area contributed by atoms with E-state index in [4.69, 9.17) is 4.74 Å². The fourth-order valence-corrected chi connectivity index (χ4v) is 2.77. The SMILES string of the molecule is CCCOc1ccc(CNC(=NC)NCc2ncc(CC)s2)cn1.I. The summed E-state index contributed by atoms with van der Waals surface area (Å²) < 4.78 is 5.48. The van der Waals surface area contributed by atoms with Crippen LogP contribution in [0.4, 0.5) is 0 Å². The highest BCUT2D eigenvalue weighted by Gasteiger charge is 2.03. The van der Waals surface area contributed by atoms with Gasteiger partial charge < -0.3 is 15.4 Å². The van der Waals surface area contributed by atoms with Gasteiger partial charge in [0.1, 0.15) is 5.01 Å². The van der Waals surface area contributed by atoms with Crippen LogP contribution in [0.15, 0.2) is 29.5 Å². The van der Waals surface area contributed by atoms with Gasteiger partial charge >= 0.3 is 0 Å². The first-order chi connectivity index (χ1) is 11.7. The summed E-state index contributed by atoms with van der Waals surface area (Å²) in [4.78, 5) is 14.2. The second kappa shape index (κ2) is 12.0. The minimum Gasteiger partial charge on any atom is -0.478 e. The Bertz CT molecular complexity index is 645. The maximum Gasteiger partial charge on any atom is 0.213 e. The molecule has 6 nitrogen and oxygen atoms in total. The van der Waals surface area contributed by atoms with E-state index in [0.29, 0.717) is 25.6 Å². The monoisotopic (exact) mass is 475 g/mol. The smallest absolute Gasteiger partial charge is 0.213 e. The van der Waals surface area contributed by atoms with Crippen molar-refractivity contribution in [3.8, 4) is 5.88 Å². The van der Waals surface area contributed by atoms with Crippen molar-refractivity contribution in [1.82, 2.24) is 20.6 Å². The molecule has 0 atom stereocenters. The van der Waals surface area contributed by atoms with Gasteiger partial charge in [-0.05, 0) is 18.4 Å². The van der Waals surface area contributed by atoms with Gasteiger partial charge in [-0.3, -0.25) is 4.99 Å². The molecule has 0 aliphatic heterocycles. The zero-order valence-electron chi connectivity index (χ0n) is 14.9. The van der Waals surface area contributed by atoms with E-state index in [1.165, 1.54) is 4.88 Å². The van der Waals surface area contributed by atoms with Gasteiger partial charge in [0.25, 0.3) is 0 Å². The predicted octanol–water partition coefficient (Wildman–Crippen LogP) is 3.37. The minimum atomic E-state index is 0. The van der Waals surface area contributed by atoms with Crippen LogP contribution < -0.4 is 15.4 Å². The third-order valence-corrected chi connectivity index (χ3v) is 4.43. The normalized spacial score (nSPS) is 10.9. The first-order valence-electron chi connectivity index (χ1n) is 8.21. The molecule has 2 N–H and O–H groups in total. The van der Waals surface area contributed by atoms with Crippen LogP contribution in [0.2, 0.25) is 0 Å². The van der Waals surface area contributed by atoms with Gasteiger partial charge in [0.2, 0.25) is 5.88 Å². The lowest BCUT2D eigenvalue weighted by atomic mass is 10.3. The van der Waals surface area contributed by atoms with Crippen molar-refractivity contribution in [2.24, 2.45) is 4.99 Å². The summed E-state index contributed by atoms with van der Waals surface area (Å²) >= 11 is 1.73. The Morgan fingerprint density at radius 2 is 1.96 bits per heavy atom. The molecule has 138 valence electrons. The molecule has 0 spiro atoms. The van der Waals surface area contributed by atoms with Crippen molar-refractivity contribution >= 4 is 41.3 Å². The lowest BCUT2D eigenvalue weighted by Crippen LogP contribution is -2.36. The van der Waals surface area contributed by atoms with Crippen molar-refractivity contribution < 1.29 is 4.74 Å². The lowest BCUT2D eigenvalue weighted by Gasteiger charge is -2.11. The number of nitrogens with zero attached hydrogens (tertiary/aromatic N) is 3. The molecule has 2 rings (SSSR count). The topological polar surface area (TPSA) is 71.4 Å². The molecule has 0 aliphatic rings. The van der Waals surface area contributed by atoms with E-state index in [0.717, 1.165) is 29.4 Å². The summed E-state index contributed by atoms with van der Waals surface area (Å²) in [5.74, 6) is 1.41. The number of thiazole rings is 1. The van der Waals surface area contributed by atoms with E-state index in [9.17, 15) is 0 Å². The Morgan fingerprint density at radius 3 is 2.56 bits per heavy atom. The van der Waals surface area contributed by atoms with Crippen LogP contribution in [-0.4, -0.2) is 29.6 Å². The number of hydrogen-bond acceptors (Lipinski definition) is 5. The molecule has 8 heteroatoms. The largest absolute Gasteiger partial charge is 0.478 e.